The van der Waals surface area contributed by atoms with Crippen LogP contribution < -0.4 is 4.90 Å². The van der Waals surface area contributed by atoms with E-state index in [1.165, 1.54) is 12.8 Å². The van der Waals surface area contributed by atoms with Crippen molar-refractivity contribution < 1.29 is 0 Å². The van der Waals surface area contributed by atoms with E-state index in [1.807, 2.05) is 20.0 Å². The molecule has 0 unspecified atom stereocenters. The molecule has 82 valence electrons. The SMILES string of the molecule is Cc1cnc(C)c(N2CCC(C)CC2)n1. The van der Waals surface area contributed by atoms with Crippen molar-refractivity contribution in [3.8, 4) is 0 Å². The second-order valence-corrected chi connectivity index (χ2v) is 4.59. The van der Waals surface area contributed by atoms with Gasteiger partial charge in [0, 0.05) is 19.3 Å². The number of piperidine rings is 1. The summed E-state index contributed by atoms with van der Waals surface area (Å²) in [5, 5.41) is 0. The molecular formula is C12H19N3. The first-order chi connectivity index (χ1) is 7.16. The van der Waals surface area contributed by atoms with E-state index in [1.54, 1.807) is 0 Å². The minimum absolute atomic E-state index is 0.860. The molecule has 2 heterocycles. The number of aryl methyl sites for hydroxylation is 2. The van der Waals surface area contributed by atoms with Crippen molar-refractivity contribution in [2.45, 2.75) is 33.6 Å². The van der Waals surface area contributed by atoms with Gasteiger partial charge >= 0.3 is 0 Å². The predicted octanol–water partition coefficient (Wildman–Crippen LogP) is 2.33. The molecule has 3 heteroatoms. The van der Waals surface area contributed by atoms with Gasteiger partial charge in [0.05, 0.1) is 11.4 Å². The summed E-state index contributed by atoms with van der Waals surface area (Å²) in [5.74, 6) is 1.95. The van der Waals surface area contributed by atoms with E-state index in [2.05, 4.69) is 21.8 Å². The lowest BCUT2D eigenvalue weighted by Gasteiger charge is -2.31. The fourth-order valence-corrected chi connectivity index (χ4v) is 2.04. The first-order valence-electron chi connectivity index (χ1n) is 5.72. The highest BCUT2D eigenvalue weighted by atomic mass is 15.2. The fraction of sp³-hybridized carbons (Fsp3) is 0.667. The van der Waals surface area contributed by atoms with Gasteiger partial charge in [-0.2, -0.15) is 0 Å². The lowest BCUT2D eigenvalue weighted by Crippen LogP contribution is -2.34. The Hall–Kier alpha value is -1.12. The zero-order valence-corrected chi connectivity index (χ0v) is 9.82. The summed E-state index contributed by atoms with van der Waals surface area (Å²) in [6, 6.07) is 0. The Morgan fingerprint density at radius 2 is 1.93 bits per heavy atom. The van der Waals surface area contributed by atoms with Gasteiger partial charge in [0.1, 0.15) is 5.82 Å². The van der Waals surface area contributed by atoms with Gasteiger partial charge in [-0.05, 0) is 32.6 Å². The Labute approximate surface area is 91.5 Å². The van der Waals surface area contributed by atoms with Crippen molar-refractivity contribution in [2.24, 2.45) is 5.92 Å². The molecule has 0 saturated carbocycles. The molecule has 0 spiro atoms. The second-order valence-electron chi connectivity index (χ2n) is 4.59. The number of rotatable bonds is 1. The smallest absolute Gasteiger partial charge is 0.150 e. The van der Waals surface area contributed by atoms with Gasteiger partial charge in [-0.1, -0.05) is 6.92 Å². The third-order valence-electron chi connectivity index (χ3n) is 3.13. The molecule has 0 N–H and O–H groups in total. The summed E-state index contributed by atoms with van der Waals surface area (Å²) >= 11 is 0. The minimum Gasteiger partial charge on any atom is -0.355 e. The molecule has 0 atom stereocenters. The maximum absolute atomic E-state index is 4.58. The van der Waals surface area contributed by atoms with Gasteiger partial charge in [0.15, 0.2) is 0 Å². The lowest BCUT2D eigenvalue weighted by molar-refractivity contribution is 0.435. The molecule has 15 heavy (non-hydrogen) atoms. The lowest BCUT2D eigenvalue weighted by atomic mass is 9.99. The Morgan fingerprint density at radius 1 is 1.27 bits per heavy atom. The molecular weight excluding hydrogens is 186 g/mol. The summed E-state index contributed by atoms with van der Waals surface area (Å²) in [5.41, 5.74) is 2.06. The maximum Gasteiger partial charge on any atom is 0.150 e. The number of nitrogens with zero attached hydrogens (tertiary/aromatic N) is 3. The quantitative estimate of drug-likeness (QED) is 0.704. The number of aromatic nitrogens is 2. The highest BCUT2D eigenvalue weighted by molar-refractivity contribution is 5.43. The van der Waals surface area contributed by atoms with E-state index in [4.69, 9.17) is 0 Å². The standard InChI is InChI=1S/C12H19N3/c1-9-4-6-15(7-5-9)12-11(3)13-8-10(2)14-12/h8-9H,4-7H2,1-3H3. The Morgan fingerprint density at radius 3 is 2.60 bits per heavy atom. The molecule has 0 radical (unpaired) electrons. The number of hydrogen-bond acceptors (Lipinski definition) is 3. The zero-order valence-electron chi connectivity index (χ0n) is 9.82. The summed E-state index contributed by atoms with van der Waals surface area (Å²) in [6.07, 6.45) is 4.38. The van der Waals surface area contributed by atoms with E-state index < -0.39 is 0 Å². The van der Waals surface area contributed by atoms with Gasteiger partial charge in [0.2, 0.25) is 0 Å². The van der Waals surface area contributed by atoms with E-state index in [0.717, 1.165) is 36.2 Å². The van der Waals surface area contributed by atoms with Gasteiger partial charge in [-0.25, -0.2) is 4.98 Å². The minimum atomic E-state index is 0.860. The molecule has 0 amide bonds. The van der Waals surface area contributed by atoms with Crippen LogP contribution in [-0.4, -0.2) is 23.1 Å². The van der Waals surface area contributed by atoms with Crippen molar-refractivity contribution in [1.82, 2.24) is 9.97 Å². The van der Waals surface area contributed by atoms with Crippen LogP contribution >= 0.6 is 0 Å². The third-order valence-corrected chi connectivity index (χ3v) is 3.13. The van der Waals surface area contributed by atoms with Crippen LogP contribution in [0.25, 0.3) is 0 Å². The number of hydrogen-bond donors (Lipinski definition) is 0. The molecule has 0 aromatic carbocycles. The molecule has 1 aromatic heterocycles. The molecule has 1 saturated heterocycles. The summed E-state index contributed by atoms with van der Waals surface area (Å²) < 4.78 is 0. The van der Waals surface area contributed by atoms with Crippen LogP contribution in [0.15, 0.2) is 6.20 Å². The highest BCUT2D eigenvalue weighted by Gasteiger charge is 2.18. The van der Waals surface area contributed by atoms with Crippen LogP contribution in [0.2, 0.25) is 0 Å². The molecule has 1 aliphatic rings. The highest BCUT2D eigenvalue weighted by Crippen LogP contribution is 2.22. The summed E-state index contributed by atoms with van der Waals surface area (Å²) in [4.78, 5) is 11.3. The van der Waals surface area contributed by atoms with Crippen molar-refractivity contribution in [2.75, 3.05) is 18.0 Å². The average Bonchev–Trinajstić information content (AvgIpc) is 2.23. The number of anilines is 1. The predicted molar refractivity (Wildman–Crippen MR) is 62.1 cm³/mol. The van der Waals surface area contributed by atoms with E-state index in [0.29, 0.717) is 0 Å². The van der Waals surface area contributed by atoms with E-state index >= 15 is 0 Å². The first-order valence-corrected chi connectivity index (χ1v) is 5.72. The van der Waals surface area contributed by atoms with Crippen molar-refractivity contribution in [3.05, 3.63) is 17.6 Å². The van der Waals surface area contributed by atoms with Crippen LogP contribution in [0.5, 0.6) is 0 Å². The van der Waals surface area contributed by atoms with Crippen molar-refractivity contribution in [3.63, 3.8) is 0 Å². The molecule has 1 aliphatic heterocycles. The molecule has 3 nitrogen and oxygen atoms in total. The molecule has 1 aromatic rings. The van der Waals surface area contributed by atoms with Crippen LogP contribution in [0.4, 0.5) is 5.82 Å². The van der Waals surface area contributed by atoms with Crippen molar-refractivity contribution >= 4 is 5.82 Å². The normalized spacial score (nSPS) is 18.2. The van der Waals surface area contributed by atoms with Gasteiger partial charge in [-0.3, -0.25) is 4.98 Å². The molecule has 2 rings (SSSR count). The van der Waals surface area contributed by atoms with Gasteiger partial charge in [0.25, 0.3) is 0 Å². The van der Waals surface area contributed by atoms with Crippen LogP contribution in [0.3, 0.4) is 0 Å². The summed E-state index contributed by atoms with van der Waals surface area (Å²) in [7, 11) is 0. The van der Waals surface area contributed by atoms with Crippen LogP contribution in [-0.2, 0) is 0 Å². The van der Waals surface area contributed by atoms with E-state index in [9.17, 15) is 0 Å². The average molecular weight is 205 g/mol. The zero-order chi connectivity index (χ0) is 10.8. The molecule has 0 bridgehead atoms. The Balaban J connectivity index is 2.18. The summed E-state index contributed by atoms with van der Waals surface area (Å²) in [6.45, 7) is 8.62. The van der Waals surface area contributed by atoms with Gasteiger partial charge in [-0.15, -0.1) is 0 Å². The van der Waals surface area contributed by atoms with Crippen LogP contribution in [0.1, 0.15) is 31.2 Å². The van der Waals surface area contributed by atoms with E-state index in [-0.39, 0.29) is 0 Å². The molecule has 0 aliphatic carbocycles. The monoisotopic (exact) mass is 205 g/mol. The third kappa shape index (κ3) is 2.28. The second kappa shape index (κ2) is 4.17. The Bertz CT molecular complexity index is 341. The largest absolute Gasteiger partial charge is 0.355 e. The molecule has 1 fully saturated rings. The first kappa shape index (κ1) is 10.4. The van der Waals surface area contributed by atoms with Crippen LogP contribution in [0, 0.1) is 19.8 Å². The Kier molecular flexibility index (Phi) is 2.89. The maximum atomic E-state index is 4.58. The van der Waals surface area contributed by atoms with Crippen molar-refractivity contribution in [1.29, 1.82) is 0 Å². The topological polar surface area (TPSA) is 29.0 Å². The fourth-order valence-electron chi connectivity index (χ4n) is 2.04. The van der Waals surface area contributed by atoms with Gasteiger partial charge < -0.3 is 4.90 Å².